The van der Waals surface area contributed by atoms with Gasteiger partial charge in [0.15, 0.2) is 4.80 Å². The number of carbonyl (C=O) groups is 2. The summed E-state index contributed by atoms with van der Waals surface area (Å²) in [6, 6.07) is 13.4. The first kappa shape index (κ1) is 18.5. The fourth-order valence-electron chi connectivity index (χ4n) is 2.52. The van der Waals surface area contributed by atoms with E-state index in [4.69, 9.17) is 4.74 Å². The van der Waals surface area contributed by atoms with E-state index in [1.807, 2.05) is 30.3 Å². The third kappa shape index (κ3) is 4.26. The number of hydrogen-bond acceptors (Lipinski definition) is 6. The van der Waals surface area contributed by atoms with Crippen molar-refractivity contribution in [3.05, 3.63) is 69.0 Å². The van der Waals surface area contributed by atoms with Gasteiger partial charge < -0.3 is 9.30 Å². The maximum atomic E-state index is 12.3. The van der Waals surface area contributed by atoms with Gasteiger partial charge in [-0.3, -0.25) is 19.7 Å². The molecule has 0 bridgehead atoms. The molecular weight excluding hydrogens is 370 g/mol. The van der Waals surface area contributed by atoms with Crippen LogP contribution in [0.5, 0.6) is 0 Å². The van der Waals surface area contributed by atoms with Crippen molar-refractivity contribution in [1.82, 2.24) is 4.57 Å². The number of methoxy groups -OCH3 is 1. The molecule has 0 aliphatic carbocycles. The summed E-state index contributed by atoms with van der Waals surface area (Å²) in [4.78, 5) is 39.0. The summed E-state index contributed by atoms with van der Waals surface area (Å²) in [5.41, 5.74) is 1.32. The highest BCUT2D eigenvalue weighted by atomic mass is 32.1. The molecule has 138 valence electrons. The van der Waals surface area contributed by atoms with E-state index in [0.717, 1.165) is 16.9 Å². The van der Waals surface area contributed by atoms with Crippen molar-refractivity contribution in [2.75, 3.05) is 7.11 Å². The molecule has 27 heavy (non-hydrogen) atoms. The molecule has 8 nitrogen and oxygen atoms in total. The van der Waals surface area contributed by atoms with Crippen LogP contribution in [0.1, 0.15) is 5.56 Å². The van der Waals surface area contributed by atoms with Crippen molar-refractivity contribution in [1.29, 1.82) is 0 Å². The Balaban J connectivity index is 2.06. The van der Waals surface area contributed by atoms with Crippen LogP contribution in [0, 0.1) is 10.1 Å². The Labute approximate surface area is 157 Å². The molecule has 0 aliphatic heterocycles. The van der Waals surface area contributed by atoms with Gasteiger partial charge in [0.25, 0.3) is 11.6 Å². The summed E-state index contributed by atoms with van der Waals surface area (Å²) < 4.78 is 6.78. The number of non-ortho nitro benzene ring substituents is 1. The summed E-state index contributed by atoms with van der Waals surface area (Å²) in [5, 5.41) is 11.0. The number of esters is 1. The van der Waals surface area contributed by atoms with Gasteiger partial charge in [0.2, 0.25) is 0 Å². The Bertz CT molecular complexity index is 1090. The average molecular weight is 385 g/mol. The number of nitro groups is 1. The van der Waals surface area contributed by atoms with E-state index >= 15 is 0 Å². The maximum Gasteiger partial charge on any atom is 0.325 e. The van der Waals surface area contributed by atoms with Gasteiger partial charge in [0, 0.05) is 12.1 Å². The third-order valence-electron chi connectivity index (χ3n) is 3.81. The van der Waals surface area contributed by atoms with E-state index in [1.165, 1.54) is 29.9 Å². The number of hydrogen-bond donors (Lipinski definition) is 0. The third-order valence-corrected chi connectivity index (χ3v) is 4.85. The number of thiazole rings is 1. The Morgan fingerprint density at radius 1 is 1.22 bits per heavy atom. The number of fused-ring (bicyclic) bond motifs is 1. The van der Waals surface area contributed by atoms with Crippen LogP contribution in [0.4, 0.5) is 5.69 Å². The quantitative estimate of drug-likeness (QED) is 0.381. The highest BCUT2D eigenvalue weighted by molar-refractivity contribution is 7.16. The van der Waals surface area contributed by atoms with E-state index in [9.17, 15) is 19.7 Å². The summed E-state index contributed by atoms with van der Waals surface area (Å²) in [6.45, 7) is -0.147. The first-order chi connectivity index (χ1) is 13.0. The number of carbonyl (C=O) groups excluding carboxylic acids is 2. The van der Waals surface area contributed by atoms with Crippen LogP contribution in [-0.2, 0) is 27.3 Å². The lowest BCUT2D eigenvalue weighted by Crippen LogP contribution is -2.22. The molecule has 2 aromatic carbocycles. The van der Waals surface area contributed by atoms with Gasteiger partial charge >= 0.3 is 5.97 Å². The molecular formula is C18H15N3O5S. The second-order valence-corrected chi connectivity index (χ2v) is 6.63. The lowest BCUT2D eigenvalue weighted by atomic mass is 10.1. The van der Waals surface area contributed by atoms with Crippen LogP contribution in [0.15, 0.2) is 53.5 Å². The van der Waals surface area contributed by atoms with Gasteiger partial charge in [-0.2, -0.15) is 4.99 Å². The van der Waals surface area contributed by atoms with Gasteiger partial charge in [0.05, 0.1) is 28.7 Å². The van der Waals surface area contributed by atoms with Crippen LogP contribution < -0.4 is 4.80 Å². The molecule has 3 rings (SSSR count). The molecule has 0 atom stereocenters. The molecule has 1 amide bonds. The highest BCUT2D eigenvalue weighted by Crippen LogP contribution is 2.23. The Morgan fingerprint density at radius 3 is 2.63 bits per heavy atom. The first-order valence-electron chi connectivity index (χ1n) is 7.94. The number of benzene rings is 2. The molecule has 0 unspecified atom stereocenters. The van der Waals surface area contributed by atoms with E-state index in [1.54, 1.807) is 0 Å². The number of nitrogens with zero attached hydrogens (tertiary/aromatic N) is 3. The molecule has 0 saturated carbocycles. The molecule has 3 aromatic rings. The lowest BCUT2D eigenvalue weighted by Gasteiger charge is -2.03. The van der Waals surface area contributed by atoms with Gasteiger partial charge in [-0.05, 0) is 11.6 Å². The second-order valence-electron chi connectivity index (χ2n) is 5.62. The van der Waals surface area contributed by atoms with Gasteiger partial charge in [-0.1, -0.05) is 41.7 Å². The van der Waals surface area contributed by atoms with Crippen LogP contribution in [0.2, 0.25) is 0 Å². The maximum absolute atomic E-state index is 12.3. The largest absolute Gasteiger partial charge is 0.468 e. The Kier molecular flexibility index (Phi) is 5.41. The summed E-state index contributed by atoms with van der Waals surface area (Å²) >= 11 is 1.11. The monoisotopic (exact) mass is 385 g/mol. The van der Waals surface area contributed by atoms with Crippen molar-refractivity contribution in [2.45, 2.75) is 13.0 Å². The number of ether oxygens (including phenoxy) is 1. The van der Waals surface area contributed by atoms with Crippen molar-refractivity contribution < 1.29 is 19.2 Å². The molecule has 0 fully saturated rings. The predicted octanol–water partition coefficient (Wildman–Crippen LogP) is 2.45. The number of nitro benzene ring substituents is 1. The standard InChI is InChI=1S/C18H15N3O5S/c1-26-17(23)11-20-14-8-7-13(21(24)25)10-15(14)27-18(20)19-16(22)9-12-5-3-2-4-6-12/h2-8,10H,9,11H2,1H3. The predicted molar refractivity (Wildman–Crippen MR) is 99.2 cm³/mol. The molecule has 1 aromatic heterocycles. The van der Waals surface area contributed by atoms with E-state index < -0.39 is 10.9 Å². The second kappa shape index (κ2) is 7.92. The molecule has 0 radical (unpaired) electrons. The Hall–Kier alpha value is -3.33. The van der Waals surface area contributed by atoms with Gasteiger partial charge in [-0.15, -0.1) is 0 Å². The minimum Gasteiger partial charge on any atom is -0.468 e. The van der Waals surface area contributed by atoms with Crippen LogP contribution in [0.3, 0.4) is 0 Å². The zero-order valence-corrected chi connectivity index (χ0v) is 15.1. The zero-order chi connectivity index (χ0) is 19.4. The molecule has 0 saturated heterocycles. The number of amides is 1. The summed E-state index contributed by atoms with van der Waals surface area (Å²) in [7, 11) is 1.26. The van der Waals surface area contributed by atoms with E-state index in [0.29, 0.717) is 10.2 Å². The molecule has 0 spiro atoms. The average Bonchev–Trinajstić information content (AvgIpc) is 2.98. The van der Waals surface area contributed by atoms with Crippen molar-refractivity contribution in [2.24, 2.45) is 4.99 Å². The highest BCUT2D eigenvalue weighted by Gasteiger charge is 2.15. The SMILES string of the molecule is COC(=O)Cn1c(=NC(=O)Cc2ccccc2)sc2cc([N+](=O)[O-])ccc21. The van der Waals surface area contributed by atoms with E-state index in [-0.39, 0.29) is 29.4 Å². The minimum absolute atomic E-state index is 0.0730. The van der Waals surface area contributed by atoms with Gasteiger partial charge in [-0.25, -0.2) is 0 Å². The van der Waals surface area contributed by atoms with Crippen molar-refractivity contribution in [3.8, 4) is 0 Å². The minimum atomic E-state index is -0.509. The van der Waals surface area contributed by atoms with Crippen LogP contribution in [-0.4, -0.2) is 28.5 Å². The van der Waals surface area contributed by atoms with Gasteiger partial charge in [0.1, 0.15) is 6.54 Å². The number of aromatic nitrogens is 1. The summed E-state index contributed by atoms with van der Waals surface area (Å²) in [6.07, 6.45) is 0.119. The number of rotatable bonds is 5. The fourth-order valence-corrected chi connectivity index (χ4v) is 3.60. The van der Waals surface area contributed by atoms with Crippen molar-refractivity contribution >= 4 is 39.1 Å². The molecule has 0 N–H and O–H groups in total. The normalized spacial score (nSPS) is 11.5. The summed E-state index contributed by atoms with van der Waals surface area (Å²) in [5.74, 6) is -0.883. The van der Waals surface area contributed by atoms with Crippen molar-refractivity contribution in [3.63, 3.8) is 0 Å². The Morgan fingerprint density at radius 2 is 1.96 bits per heavy atom. The fraction of sp³-hybridized carbons (Fsp3) is 0.167. The van der Waals surface area contributed by atoms with Crippen LogP contribution in [0.25, 0.3) is 10.2 Å². The lowest BCUT2D eigenvalue weighted by molar-refractivity contribution is -0.384. The first-order valence-corrected chi connectivity index (χ1v) is 8.75. The topological polar surface area (TPSA) is 104 Å². The molecule has 9 heteroatoms. The van der Waals surface area contributed by atoms with Crippen LogP contribution >= 0.6 is 11.3 Å². The smallest absolute Gasteiger partial charge is 0.325 e. The zero-order valence-electron chi connectivity index (χ0n) is 14.3. The molecule has 1 heterocycles. The molecule has 0 aliphatic rings. The van der Waals surface area contributed by atoms with E-state index in [2.05, 4.69) is 4.99 Å².